The van der Waals surface area contributed by atoms with E-state index in [9.17, 15) is 0 Å². The lowest BCUT2D eigenvalue weighted by Crippen LogP contribution is -2.14. The summed E-state index contributed by atoms with van der Waals surface area (Å²) in [7, 11) is 0. The summed E-state index contributed by atoms with van der Waals surface area (Å²) >= 11 is 17.1. The molecule has 1 aromatic carbocycles. The predicted octanol–water partition coefficient (Wildman–Crippen LogP) is 4.43. The number of thiocarbonyl (C=S) groups is 1. The number of halogens is 2. The Morgan fingerprint density at radius 2 is 1.95 bits per heavy atom. The largest absolute Gasteiger partial charge is 0.455 e. The Kier molecular flexibility index (Phi) is 4.48. The fraction of sp³-hybridized carbons (Fsp3) is 0.143. The highest BCUT2D eigenvalue weighted by Gasteiger charge is 2.15. The summed E-state index contributed by atoms with van der Waals surface area (Å²) in [5.41, 5.74) is 7.85. The Balaban J connectivity index is 2.53. The highest BCUT2D eigenvalue weighted by Crippen LogP contribution is 2.36. The molecule has 3 nitrogen and oxygen atoms in total. The SMILES string of the molecule is Cc1cc(Oc2cccc(Cl)c2Cl)c(C(N)=S)c(C)n1. The molecule has 0 fully saturated rings. The zero-order valence-electron chi connectivity index (χ0n) is 10.9. The van der Waals surface area contributed by atoms with Gasteiger partial charge in [0.15, 0.2) is 0 Å². The van der Waals surface area contributed by atoms with E-state index in [2.05, 4.69) is 4.98 Å². The maximum atomic E-state index is 6.12. The predicted molar refractivity (Wildman–Crippen MR) is 86.1 cm³/mol. The topological polar surface area (TPSA) is 48.1 Å². The second-order valence-corrected chi connectivity index (χ2v) is 5.47. The number of rotatable bonds is 3. The molecule has 0 atom stereocenters. The third kappa shape index (κ3) is 3.03. The molecular formula is C14H12Cl2N2OS. The third-order valence-corrected chi connectivity index (χ3v) is 3.68. The summed E-state index contributed by atoms with van der Waals surface area (Å²) in [5.74, 6) is 0.966. The summed E-state index contributed by atoms with van der Waals surface area (Å²) in [4.78, 5) is 4.56. The summed E-state index contributed by atoms with van der Waals surface area (Å²) in [6.45, 7) is 3.69. The molecule has 0 bridgehead atoms. The van der Waals surface area contributed by atoms with Crippen molar-refractivity contribution in [3.05, 3.63) is 51.3 Å². The monoisotopic (exact) mass is 326 g/mol. The Morgan fingerprint density at radius 3 is 2.60 bits per heavy atom. The number of aromatic nitrogens is 1. The van der Waals surface area contributed by atoms with Crippen LogP contribution in [0.15, 0.2) is 24.3 Å². The van der Waals surface area contributed by atoms with Crippen LogP contribution in [0.2, 0.25) is 10.0 Å². The maximum Gasteiger partial charge on any atom is 0.147 e. The first-order chi connectivity index (χ1) is 9.40. The number of pyridine rings is 1. The van der Waals surface area contributed by atoms with Crippen LogP contribution in [0, 0.1) is 13.8 Å². The standard InChI is InChI=1S/C14H12Cl2N2OS/c1-7-6-11(12(14(17)20)8(2)18-7)19-10-5-3-4-9(15)13(10)16/h3-6H,1-2H3,(H2,17,20). The molecule has 0 amide bonds. The van der Waals surface area contributed by atoms with Crippen molar-refractivity contribution in [1.29, 1.82) is 0 Å². The van der Waals surface area contributed by atoms with E-state index >= 15 is 0 Å². The van der Waals surface area contributed by atoms with Crippen molar-refractivity contribution >= 4 is 40.4 Å². The zero-order valence-corrected chi connectivity index (χ0v) is 13.2. The van der Waals surface area contributed by atoms with Crippen LogP contribution in [0.5, 0.6) is 11.5 Å². The van der Waals surface area contributed by atoms with E-state index in [1.165, 1.54) is 0 Å². The lowest BCUT2D eigenvalue weighted by atomic mass is 10.1. The quantitative estimate of drug-likeness (QED) is 0.847. The molecule has 1 aromatic heterocycles. The first-order valence-corrected chi connectivity index (χ1v) is 6.96. The van der Waals surface area contributed by atoms with Gasteiger partial charge in [-0.1, -0.05) is 41.5 Å². The Labute approximate surface area is 132 Å². The van der Waals surface area contributed by atoms with Crippen LogP contribution < -0.4 is 10.5 Å². The summed E-state index contributed by atoms with van der Waals surface area (Å²) in [6.07, 6.45) is 0. The molecular weight excluding hydrogens is 315 g/mol. The first kappa shape index (κ1) is 15.0. The molecule has 2 N–H and O–H groups in total. The van der Waals surface area contributed by atoms with E-state index in [4.69, 9.17) is 45.9 Å². The molecule has 2 aromatic rings. The lowest BCUT2D eigenvalue weighted by Gasteiger charge is -2.14. The van der Waals surface area contributed by atoms with Gasteiger partial charge in [-0.3, -0.25) is 4.98 Å². The van der Waals surface area contributed by atoms with Crippen molar-refractivity contribution in [2.45, 2.75) is 13.8 Å². The molecule has 104 valence electrons. The third-order valence-electron chi connectivity index (χ3n) is 2.67. The van der Waals surface area contributed by atoms with Gasteiger partial charge in [-0.25, -0.2) is 0 Å². The van der Waals surface area contributed by atoms with E-state index in [-0.39, 0.29) is 4.99 Å². The Bertz CT molecular complexity index is 689. The highest BCUT2D eigenvalue weighted by atomic mass is 35.5. The number of hydrogen-bond acceptors (Lipinski definition) is 3. The van der Waals surface area contributed by atoms with Crippen molar-refractivity contribution in [1.82, 2.24) is 4.98 Å². The van der Waals surface area contributed by atoms with Gasteiger partial charge in [0.1, 0.15) is 21.5 Å². The van der Waals surface area contributed by atoms with Crippen LogP contribution in [0.4, 0.5) is 0 Å². The van der Waals surface area contributed by atoms with Crippen molar-refractivity contribution in [2.24, 2.45) is 5.73 Å². The lowest BCUT2D eigenvalue weighted by molar-refractivity contribution is 0.480. The van der Waals surface area contributed by atoms with Gasteiger partial charge in [-0.05, 0) is 26.0 Å². The van der Waals surface area contributed by atoms with E-state index in [0.717, 1.165) is 5.69 Å². The number of nitrogens with two attached hydrogens (primary N) is 1. The van der Waals surface area contributed by atoms with Crippen LogP contribution in [-0.4, -0.2) is 9.97 Å². The van der Waals surface area contributed by atoms with Crippen molar-refractivity contribution < 1.29 is 4.74 Å². The summed E-state index contributed by atoms with van der Waals surface area (Å²) in [6, 6.07) is 6.93. The Morgan fingerprint density at radius 1 is 1.25 bits per heavy atom. The van der Waals surface area contributed by atoms with Gasteiger partial charge in [0, 0.05) is 11.8 Å². The smallest absolute Gasteiger partial charge is 0.147 e. The number of hydrogen-bond donors (Lipinski definition) is 1. The summed E-state index contributed by atoms with van der Waals surface area (Å²) < 4.78 is 5.82. The fourth-order valence-corrected chi connectivity index (χ4v) is 2.43. The van der Waals surface area contributed by atoms with E-state index in [1.807, 2.05) is 13.8 Å². The van der Waals surface area contributed by atoms with Gasteiger partial charge in [-0.2, -0.15) is 0 Å². The fourth-order valence-electron chi connectivity index (χ4n) is 1.85. The minimum atomic E-state index is 0.225. The minimum absolute atomic E-state index is 0.225. The molecule has 20 heavy (non-hydrogen) atoms. The molecule has 0 unspecified atom stereocenters. The second kappa shape index (κ2) is 5.95. The van der Waals surface area contributed by atoms with Crippen LogP contribution in [0.1, 0.15) is 17.0 Å². The summed E-state index contributed by atoms with van der Waals surface area (Å²) in [5, 5.41) is 0.763. The van der Waals surface area contributed by atoms with Crippen molar-refractivity contribution in [2.75, 3.05) is 0 Å². The van der Waals surface area contributed by atoms with Crippen LogP contribution in [0.25, 0.3) is 0 Å². The zero-order chi connectivity index (χ0) is 14.9. The van der Waals surface area contributed by atoms with Crippen molar-refractivity contribution in [3.8, 4) is 11.5 Å². The molecule has 6 heteroatoms. The molecule has 0 aliphatic rings. The number of nitrogens with zero attached hydrogens (tertiary/aromatic N) is 1. The minimum Gasteiger partial charge on any atom is -0.455 e. The normalized spacial score (nSPS) is 10.4. The first-order valence-electron chi connectivity index (χ1n) is 5.80. The molecule has 0 aliphatic carbocycles. The van der Waals surface area contributed by atoms with Gasteiger partial charge in [0.2, 0.25) is 0 Å². The average Bonchev–Trinajstić information content (AvgIpc) is 2.33. The second-order valence-electron chi connectivity index (χ2n) is 4.24. The molecule has 0 saturated heterocycles. The molecule has 0 saturated carbocycles. The van der Waals surface area contributed by atoms with Crippen LogP contribution in [0.3, 0.4) is 0 Å². The molecule has 0 radical (unpaired) electrons. The van der Waals surface area contributed by atoms with E-state index in [1.54, 1.807) is 24.3 Å². The Hall–Kier alpha value is -1.36. The number of benzene rings is 1. The van der Waals surface area contributed by atoms with Crippen LogP contribution in [-0.2, 0) is 0 Å². The number of aryl methyl sites for hydroxylation is 2. The van der Waals surface area contributed by atoms with E-state index in [0.29, 0.717) is 32.8 Å². The van der Waals surface area contributed by atoms with Gasteiger partial charge >= 0.3 is 0 Å². The van der Waals surface area contributed by atoms with Gasteiger partial charge in [-0.15, -0.1) is 0 Å². The van der Waals surface area contributed by atoms with Crippen LogP contribution >= 0.6 is 35.4 Å². The van der Waals surface area contributed by atoms with Crippen molar-refractivity contribution in [3.63, 3.8) is 0 Å². The molecule has 0 spiro atoms. The molecule has 0 aliphatic heterocycles. The number of ether oxygens (including phenoxy) is 1. The average molecular weight is 327 g/mol. The maximum absolute atomic E-state index is 6.12. The van der Waals surface area contributed by atoms with E-state index < -0.39 is 0 Å². The van der Waals surface area contributed by atoms with Gasteiger partial charge < -0.3 is 10.5 Å². The van der Waals surface area contributed by atoms with Gasteiger partial charge in [0.25, 0.3) is 0 Å². The molecule has 1 heterocycles. The molecule has 2 rings (SSSR count). The van der Waals surface area contributed by atoms with Gasteiger partial charge in [0.05, 0.1) is 16.3 Å². The highest BCUT2D eigenvalue weighted by molar-refractivity contribution is 7.80.